The lowest BCUT2D eigenvalue weighted by atomic mass is 10.1. The smallest absolute Gasteiger partial charge is 0.0706 e. The van der Waals surface area contributed by atoms with Crippen molar-refractivity contribution < 1.29 is 0 Å². The van der Waals surface area contributed by atoms with Crippen LogP contribution in [0.15, 0.2) is 60.9 Å². The first-order valence-electron chi connectivity index (χ1n) is 6.54. The highest BCUT2D eigenvalue weighted by molar-refractivity contribution is 5.53. The summed E-state index contributed by atoms with van der Waals surface area (Å²) in [6.45, 7) is 3.00. The van der Waals surface area contributed by atoms with Gasteiger partial charge in [-0.1, -0.05) is 36.4 Å². The van der Waals surface area contributed by atoms with Crippen molar-refractivity contribution in [2.75, 3.05) is 0 Å². The topological polar surface area (TPSA) is 29.3 Å². The van der Waals surface area contributed by atoms with Crippen molar-refractivity contribution in [3.05, 3.63) is 72.1 Å². The van der Waals surface area contributed by atoms with Gasteiger partial charge in [-0.15, -0.1) is 0 Å². The summed E-state index contributed by atoms with van der Waals surface area (Å²) in [5.41, 5.74) is 3.69. The molecule has 3 aromatic rings. The van der Waals surface area contributed by atoms with E-state index in [0.717, 1.165) is 12.1 Å². The molecule has 3 rings (SSSR count). The van der Waals surface area contributed by atoms with Crippen LogP contribution in [0, 0.1) is 0 Å². The lowest BCUT2D eigenvalue weighted by Gasteiger charge is -2.13. The van der Waals surface area contributed by atoms with Gasteiger partial charge >= 0.3 is 0 Å². The van der Waals surface area contributed by atoms with Gasteiger partial charge < -0.3 is 5.32 Å². The van der Waals surface area contributed by atoms with E-state index in [4.69, 9.17) is 0 Å². The summed E-state index contributed by atoms with van der Waals surface area (Å²) >= 11 is 0. The van der Waals surface area contributed by atoms with Gasteiger partial charge in [0.1, 0.15) is 0 Å². The Morgan fingerprint density at radius 3 is 2.74 bits per heavy atom. The normalized spacial score (nSPS) is 12.7. The first kappa shape index (κ1) is 11.9. The zero-order chi connectivity index (χ0) is 13.1. The van der Waals surface area contributed by atoms with Crippen LogP contribution in [0.3, 0.4) is 0 Å². The van der Waals surface area contributed by atoms with E-state index in [0.29, 0.717) is 6.04 Å². The number of fused-ring (bicyclic) bond motifs is 1. The molecule has 0 saturated carbocycles. The maximum absolute atomic E-state index is 4.35. The molecule has 0 amide bonds. The van der Waals surface area contributed by atoms with Crippen molar-refractivity contribution in [2.45, 2.75) is 19.5 Å². The zero-order valence-corrected chi connectivity index (χ0v) is 11.0. The van der Waals surface area contributed by atoms with E-state index >= 15 is 0 Å². The molecule has 0 saturated heterocycles. The number of pyridine rings is 1. The molecule has 0 aliphatic carbocycles. The first-order chi connectivity index (χ1) is 9.34. The maximum Gasteiger partial charge on any atom is 0.0706 e. The molecule has 0 radical (unpaired) electrons. The van der Waals surface area contributed by atoms with Gasteiger partial charge in [0.15, 0.2) is 0 Å². The van der Waals surface area contributed by atoms with E-state index < -0.39 is 0 Å². The molecule has 3 heteroatoms. The summed E-state index contributed by atoms with van der Waals surface area (Å²) < 4.78 is 1.91. The fourth-order valence-electron chi connectivity index (χ4n) is 2.25. The fourth-order valence-corrected chi connectivity index (χ4v) is 2.25. The molecule has 1 atom stereocenters. The van der Waals surface area contributed by atoms with Crippen LogP contribution >= 0.6 is 0 Å². The predicted molar refractivity (Wildman–Crippen MR) is 76.9 cm³/mol. The van der Waals surface area contributed by atoms with Gasteiger partial charge in [0.25, 0.3) is 0 Å². The van der Waals surface area contributed by atoms with Crippen LogP contribution in [0.5, 0.6) is 0 Å². The minimum Gasteiger partial charge on any atom is -0.306 e. The molecule has 19 heavy (non-hydrogen) atoms. The largest absolute Gasteiger partial charge is 0.306 e. The standard InChI is InChI=1S/C16H17N3/c1-13(14-7-3-2-4-8-14)17-11-15-12-18-19-10-6-5-9-16(15)19/h2-10,12-13,17H,11H2,1H3/t13-/m1/s1. The van der Waals surface area contributed by atoms with Crippen LogP contribution in [-0.4, -0.2) is 9.61 Å². The monoisotopic (exact) mass is 251 g/mol. The highest BCUT2D eigenvalue weighted by Crippen LogP contribution is 2.14. The molecular formula is C16H17N3. The average molecular weight is 251 g/mol. The number of hydrogen-bond acceptors (Lipinski definition) is 2. The molecule has 3 nitrogen and oxygen atoms in total. The van der Waals surface area contributed by atoms with Crippen molar-refractivity contribution in [1.82, 2.24) is 14.9 Å². The number of aromatic nitrogens is 2. The van der Waals surface area contributed by atoms with Gasteiger partial charge in [-0.2, -0.15) is 5.10 Å². The van der Waals surface area contributed by atoms with Gasteiger partial charge in [-0.25, -0.2) is 4.52 Å². The summed E-state index contributed by atoms with van der Waals surface area (Å²) in [6, 6.07) is 16.9. The number of nitrogens with one attached hydrogen (secondary N) is 1. The Morgan fingerprint density at radius 1 is 1.11 bits per heavy atom. The molecule has 2 heterocycles. The van der Waals surface area contributed by atoms with E-state index in [1.807, 2.05) is 35.1 Å². The van der Waals surface area contributed by atoms with Crippen molar-refractivity contribution in [2.24, 2.45) is 0 Å². The maximum atomic E-state index is 4.35. The van der Waals surface area contributed by atoms with Gasteiger partial charge in [-0.05, 0) is 24.6 Å². The average Bonchev–Trinajstić information content (AvgIpc) is 2.89. The molecule has 2 aromatic heterocycles. The third kappa shape index (κ3) is 2.51. The highest BCUT2D eigenvalue weighted by Gasteiger charge is 2.07. The lowest BCUT2D eigenvalue weighted by molar-refractivity contribution is 0.576. The minimum absolute atomic E-state index is 0.333. The van der Waals surface area contributed by atoms with Crippen molar-refractivity contribution in [3.8, 4) is 0 Å². The number of hydrogen-bond donors (Lipinski definition) is 1. The Kier molecular flexibility index (Phi) is 3.29. The van der Waals surface area contributed by atoms with Gasteiger partial charge in [0, 0.05) is 24.3 Å². The Labute approximate surface area is 112 Å². The third-order valence-corrected chi connectivity index (χ3v) is 3.40. The summed E-state index contributed by atoms with van der Waals surface area (Å²) in [7, 11) is 0. The summed E-state index contributed by atoms with van der Waals surface area (Å²) in [5, 5.41) is 7.89. The highest BCUT2D eigenvalue weighted by atomic mass is 15.2. The summed E-state index contributed by atoms with van der Waals surface area (Å²) in [5.74, 6) is 0. The van der Waals surface area contributed by atoms with Crippen LogP contribution < -0.4 is 5.32 Å². The quantitative estimate of drug-likeness (QED) is 0.771. The molecule has 0 unspecified atom stereocenters. The van der Waals surface area contributed by atoms with Crippen LogP contribution in [0.4, 0.5) is 0 Å². The molecule has 0 aliphatic rings. The molecule has 1 N–H and O–H groups in total. The molecule has 0 fully saturated rings. The van der Waals surface area contributed by atoms with Crippen LogP contribution in [0.1, 0.15) is 24.1 Å². The molecule has 1 aromatic carbocycles. The lowest BCUT2D eigenvalue weighted by Crippen LogP contribution is -2.17. The van der Waals surface area contributed by atoms with Gasteiger partial charge in [0.2, 0.25) is 0 Å². The molecular weight excluding hydrogens is 234 g/mol. The Morgan fingerprint density at radius 2 is 1.89 bits per heavy atom. The fraction of sp³-hybridized carbons (Fsp3) is 0.188. The van der Waals surface area contributed by atoms with E-state index in [-0.39, 0.29) is 0 Å². The third-order valence-electron chi connectivity index (χ3n) is 3.40. The van der Waals surface area contributed by atoms with Gasteiger partial charge in [0.05, 0.1) is 11.7 Å². The second-order valence-electron chi connectivity index (χ2n) is 4.71. The molecule has 0 bridgehead atoms. The second-order valence-corrected chi connectivity index (χ2v) is 4.71. The second kappa shape index (κ2) is 5.24. The first-order valence-corrected chi connectivity index (χ1v) is 6.54. The molecule has 0 aliphatic heterocycles. The van der Waals surface area contributed by atoms with Gasteiger partial charge in [-0.3, -0.25) is 0 Å². The van der Waals surface area contributed by atoms with Crippen molar-refractivity contribution in [3.63, 3.8) is 0 Å². The van der Waals surface area contributed by atoms with Crippen LogP contribution in [0.25, 0.3) is 5.52 Å². The zero-order valence-electron chi connectivity index (χ0n) is 11.0. The number of nitrogens with zero attached hydrogens (tertiary/aromatic N) is 2. The summed E-state index contributed by atoms with van der Waals surface area (Å²) in [4.78, 5) is 0. The number of rotatable bonds is 4. The Bertz CT molecular complexity index is 658. The Hall–Kier alpha value is -2.13. The predicted octanol–water partition coefficient (Wildman–Crippen LogP) is 3.19. The molecule has 96 valence electrons. The van der Waals surface area contributed by atoms with E-state index in [1.165, 1.54) is 11.1 Å². The molecule has 0 spiro atoms. The van der Waals surface area contributed by atoms with Crippen LogP contribution in [0.2, 0.25) is 0 Å². The Balaban J connectivity index is 1.73. The van der Waals surface area contributed by atoms with E-state index in [9.17, 15) is 0 Å². The van der Waals surface area contributed by atoms with Crippen molar-refractivity contribution >= 4 is 5.52 Å². The van der Waals surface area contributed by atoms with E-state index in [2.05, 4.69) is 47.7 Å². The number of benzene rings is 1. The SMILES string of the molecule is C[C@@H](NCc1cnn2ccccc12)c1ccccc1. The van der Waals surface area contributed by atoms with Crippen LogP contribution in [-0.2, 0) is 6.54 Å². The van der Waals surface area contributed by atoms with E-state index in [1.54, 1.807) is 0 Å². The summed E-state index contributed by atoms with van der Waals surface area (Å²) in [6.07, 6.45) is 3.90. The van der Waals surface area contributed by atoms with Crippen molar-refractivity contribution in [1.29, 1.82) is 0 Å². The minimum atomic E-state index is 0.333.